The van der Waals surface area contributed by atoms with Gasteiger partial charge in [0.05, 0.1) is 10.6 Å². The SMILES string of the molecule is Cc1c(N)cc(S(=O)(=O)N(C)CCS(C)(=O)=O)cc1F. The summed E-state index contributed by atoms with van der Waals surface area (Å²) in [5.41, 5.74) is 5.74. The number of nitrogens with zero attached hydrogens (tertiary/aromatic N) is 1. The third-order valence-corrected chi connectivity index (χ3v) is 5.60. The molecule has 0 aliphatic heterocycles. The summed E-state index contributed by atoms with van der Waals surface area (Å²) in [6.45, 7) is 1.23. The van der Waals surface area contributed by atoms with E-state index in [-0.39, 0.29) is 28.4 Å². The van der Waals surface area contributed by atoms with Crippen molar-refractivity contribution in [1.82, 2.24) is 4.31 Å². The van der Waals surface area contributed by atoms with E-state index in [2.05, 4.69) is 0 Å². The van der Waals surface area contributed by atoms with E-state index in [9.17, 15) is 21.2 Å². The summed E-state index contributed by atoms with van der Waals surface area (Å²) in [4.78, 5) is -0.297. The van der Waals surface area contributed by atoms with Crippen LogP contribution < -0.4 is 5.73 Å². The van der Waals surface area contributed by atoms with Gasteiger partial charge in [0, 0.05) is 31.1 Å². The molecule has 114 valence electrons. The topological polar surface area (TPSA) is 97.5 Å². The van der Waals surface area contributed by atoms with Gasteiger partial charge in [-0.15, -0.1) is 0 Å². The van der Waals surface area contributed by atoms with Crippen molar-refractivity contribution in [3.63, 3.8) is 0 Å². The largest absolute Gasteiger partial charge is 0.398 e. The van der Waals surface area contributed by atoms with Gasteiger partial charge < -0.3 is 5.73 Å². The first-order valence-electron chi connectivity index (χ1n) is 5.65. The summed E-state index contributed by atoms with van der Waals surface area (Å²) in [5, 5.41) is 0. The molecular weight excluding hydrogens is 307 g/mol. The van der Waals surface area contributed by atoms with Crippen LogP contribution in [0.1, 0.15) is 5.56 Å². The molecule has 2 N–H and O–H groups in total. The Kier molecular flexibility index (Phi) is 4.78. The predicted molar refractivity (Wildman–Crippen MR) is 75.1 cm³/mol. The number of rotatable bonds is 5. The van der Waals surface area contributed by atoms with Crippen LogP contribution >= 0.6 is 0 Å². The first kappa shape index (κ1) is 16.9. The van der Waals surface area contributed by atoms with Gasteiger partial charge in [-0.3, -0.25) is 0 Å². The average molecular weight is 324 g/mol. The van der Waals surface area contributed by atoms with Gasteiger partial charge in [0.1, 0.15) is 15.7 Å². The molecule has 6 nitrogen and oxygen atoms in total. The summed E-state index contributed by atoms with van der Waals surface area (Å²) in [7, 11) is -6.03. The summed E-state index contributed by atoms with van der Waals surface area (Å²) >= 11 is 0. The zero-order chi connectivity index (χ0) is 15.7. The number of hydrogen-bond acceptors (Lipinski definition) is 5. The molecule has 0 amide bonds. The Morgan fingerprint density at radius 1 is 1.25 bits per heavy atom. The van der Waals surface area contributed by atoms with Crippen LogP contribution in [-0.2, 0) is 19.9 Å². The highest BCUT2D eigenvalue weighted by Crippen LogP contribution is 2.23. The van der Waals surface area contributed by atoms with Crippen molar-refractivity contribution in [2.45, 2.75) is 11.8 Å². The second kappa shape index (κ2) is 5.66. The van der Waals surface area contributed by atoms with Crippen LogP contribution in [0.25, 0.3) is 0 Å². The average Bonchev–Trinajstić information content (AvgIpc) is 2.31. The van der Waals surface area contributed by atoms with E-state index < -0.39 is 25.7 Å². The van der Waals surface area contributed by atoms with E-state index in [0.717, 1.165) is 22.7 Å². The number of nitrogens with two attached hydrogens (primary N) is 1. The zero-order valence-corrected chi connectivity index (χ0v) is 13.1. The minimum absolute atomic E-state index is 0.0279. The molecule has 1 aromatic rings. The van der Waals surface area contributed by atoms with Crippen molar-refractivity contribution < 1.29 is 21.2 Å². The van der Waals surface area contributed by atoms with E-state index in [4.69, 9.17) is 5.73 Å². The van der Waals surface area contributed by atoms with Crippen molar-refractivity contribution in [2.75, 3.05) is 31.3 Å². The number of sulfonamides is 1. The van der Waals surface area contributed by atoms with Crippen LogP contribution in [0.15, 0.2) is 17.0 Å². The van der Waals surface area contributed by atoms with Crippen LogP contribution in [0, 0.1) is 12.7 Å². The molecule has 0 aliphatic carbocycles. The minimum Gasteiger partial charge on any atom is -0.398 e. The van der Waals surface area contributed by atoms with Crippen LogP contribution in [0.4, 0.5) is 10.1 Å². The summed E-state index contributed by atoms with van der Waals surface area (Å²) < 4.78 is 60.9. The highest BCUT2D eigenvalue weighted by Gasteiger charge is 2.23. The fraction of sp³-hybridized carbons (Fsp3) is 0.455. The zero-order valence-electron chi connectivity index (χ0n) is 11.4. The Morgan fingerprint density at radius 3 is 2.25 bits per heavy atom. The number of hydrogen-bond donors (Lipinski definition) is 1. The summed E-state index contributed by atoms with van der Waals surface area (Å²) in [5.74, 6) is -1.04. The van der Waals surface area contributed by atoms with E-state index in [1.54, 1.807) is 0 Å². The fourth-order valence-corrected chi connectivity index (χ4v) is 3.36. The molecule has 9 heteroatoms. The van der Waals surface area contributed by atoms with E-state index >= 15 is 0 Å². The number of sulfone groups is 1. The van der Waals surface area contributed by atoms with Gasteiger partial charge in [-0.25, -0.2) is 21.2 Å². The number of nitrogen functional groups attached to an aromatic ring is 1. The van der Waals surface area contributed by atoms with Gasteiger partial charge in [-0.2, -0.15) is 4.31 Å². The lowest BCUT2D eigenvalue weighted by atomic mass is 10.2. The highest BCUT2D eigenvalue weighted by molar-refractivity contribution is 7.91. The minimum atomic E-state index is -3.97. The third-order valence-electron chi connectivity index (χ3n) is 2.84. The highest BCUT2D eigenvalue weighted by atomic mass is 32.2. The standard InChI is InChI=1S/C11H17FN2O4S2/c1-8-10(12)6-9(7-11(8)13)20(17,18)14(2)4-5-19(3,15)16/h6-7H,4-5,13H2,1-3H3. The molecule has 0 saturated carbocycles. The van der Waals surface area contributed by atoms with Gasteiger partial charge in [0.15, 0.2) is 0 Å². The monoisotopic (exact) mass is 324 g/mol. The van der Waals surface area contributed by atoms with Gasteiger partial charge in [-0.1, -0.05) is 0 Å². The molecule has 1 rings (SSSR count). The maximum Gasteiger partial charge on any atom is 0.243 e. The lowest BCUT2D eigenvalue weighted by Gasteiger charge is -2.17. The molecule has 0 radical (unpaired) electrons. The van der Waals surface area contributed by atoms with Crippen molar-refractivity contribution in [3.8, 4) is 0 Å². The molecule has 0 saturated heterocycles. The molecule has 0 bridgehead atoms. The molecule has 1 aromatic carbocycles. The lowest BCUT2D eigenvalue weighted by molar-refractivity contribution is 0.483. The molecular formula is C11H17FN2O4S2. The first-order chi connectivity index (χ1) is 8.95. The molecule has 0 aliphatic rings. The Balaban J connectivity index is 3.11. The van der Waals surface area contributed by atoms with Gasteiger partial charge in [0.2, 0.25) is 10.0 Å². The normalized spacial score (nSPS) is 12.8. The first-order valence-corrected chi connectivity index (χ1v) is 9.15. The summed E-state index contributed by atoms with van der Waals surface area (Å²) in [6.07, 6.45) is 1.01. The quantitative estimate of drug-likeness (QED) is 0.790. The Labute approximate surface area is 118 Å². The number of benzene rings is 1. The lowest BCUT2D eigenvalue weighted by Crippen LogP contribution is -2.31. The van der Waals surface area contributed by atoms with E-state index in [1.165, 1.54) is 14.0 Å². The van der Waals surface area contributed by atoms with Gasteiger partial charge in [0.25, 0.3) is 0 Å². The van der Waals surface area contributed by atoms with Gasteiger partial charge >= 0.3 is 0 Å². The molecule has 0 heterocycles. The smallest absolute Gasteiger partial charge is 0.243 e. The van der Waals surface area contributed by atoms with Crippen molar-refractivity contribution in [1.29, 1.82) is 0 Å². The molecule has 0 aromatic heterocycles. The fourth-order valence-electron chi connectivity index (χ4n) is 1.42. The predicted octanol–water partition coefficient (Wildman–Crippen LogP) is 0.381. The van der Waals surface area contributed by atoms with Crippen LogP contribution in [0.2, 0.25) is 0 Å². The van der Waals surface area contributed by atoms with Crippen LogP contribution in [-0.4, -0.2) is 46.7 Å². The maximum absolute atomic E-state index is 13.6. The molecule has 0 atom stereocenters. The second-order valence-corrected chi connectivity index (χ2v) is 8.88. The second-order valence-electron chi connectivity index (χ2n) is 4.58. The van der Waals surface area contributed by atoms with Crippen LogP contribution in [0.5, 0.6) is 0 Å². The van der Waals surface area contributed by atoms with Crippen LogP contribution in [0.3, 0.4) is 0 Å². The van der Waals surface area contributed by atoms with E-state index in [0.29, 0.717) is 0 Å². The third kappa shape index (κ3) is 3.90. The van der Waals surface area contributed by atoms with Crippen molar-refractivity contribution in [2.24, 2.45) is 0 Å². The Hall–Kier alpha value is -1.19. The van der Waals surface area contributed by atoms with Crippen molar-refractivity contribution >= 4 is 25.5 Å². The Morgan fingerprint density at radius 2 is 1.80 bits per heavy atom. The number of halogens is 1. The maximum atomic E-state index is 13.6. The molecule has 0 spiro atoms. The molecule has 0 unspecified atom stereocenters. The summed E-state index contributed by atoms with van der Waals surface area (Å²) in [6, 6.07) is 2.03. The molecule has 0 fully saturated rings. The molecule has 20 heavy (non-hydrogen) atoms. The van der Waals surface area contributed by atoms with Crippen molar-refractivity contribution in [3.05, 3.63) is 23.5 Å². The van der Waals surface area contributed by atoms with E-state index in [1.807, 2.05) is 0 Å². The Bertz CT molecular complexity index is 691. The van der Waals surface area contributed by atoms with Gasteiger partial charge in [-0.05, 0) is 19.1 Å². The number of anilines is 1.